The highest BCUT2D eigenvalue weighted by molar-refractivity contribution is 5.92. The lowest BCUT2D eigenvalue weighted by atomic mass is 10.3. The van der Waals surface area contributed by atoms with E-state index in [-0.39, 0.29) is 24.1 Å². The number of nitrogens with one attached hydrogen (secondary N) is 1. The number of hydrogen-bond acceptors (Lipinski definition) is 4. The molecule has 2 aromatic rings. The molecule has 1 amide bonds. The van der Waals surface area contributed by atoms with Crippen LogP contribution in [0.25, 0.3) is 0 Å². The Morgan fingerprint density at radius 1 is 1.35 bits per heavy atom. The molecule has 6 nitrogen and oxygen atoms in total. The first kappa shape index (κ1) is 16.9. The van der Waals surface area contributed by atoms with Crippen LogP contribution in [-0.2, 0) is 11.5 Å². The first-order valence-corrected chi connectivity index (χ1v) is 6.98. The van der Waals surface area contributed by atoms with Crippen molar-refractivity contribution in [2.45, 2.75) is 13.2 Å². The van der Waals surface area contributed by atoms with Crippen LogP contribution in [0.2, 0.25) is 0 Å². The van der Waals surface area contributed by atoms with E-state index < -0.39 is 11.6 Å². The zero-order chi connectivity index (χ0) is 16.7. The van der Waals surface area contributed by atoms with Gasteiger partial charge in [0, 0.05) is 32.5 Å². The second-order valence-corrected chi connectivity index (χ2v) is 4.69. The van der Waals surface area contributed by atoms with Gasteiger partial charge in [0.1, 0.15) is 11.5 Å². The Hall–Kier alpha value is -2.48. The SMILES string of the molecule is COCCCNC(=O)c1ccn(COc2ccc(F)cc2F)n1. The second kappa shape index (κ2) is 8.23. The molecule has 8 heteroatoms. The maximum Gasteiger partial charge on any atom is 0.271 e. The lowest BCUT2D eigenvalue weighted by Crippen LogP contribution is -2.25. The Labute approximate surface area is 132 Å². The average molecular weight is 325 g/mol. The van der Waals surface area contributed by atoms with Gasteiger partial charge in [-0.2, -0.15) is 5.10 Å². The van der Waals surface area contributed by atoms with E-state index in [1.54, 1.807) is 7.11 Å². The molecular formula is C15H17F2N3O3. The number of methoxy groups -OCH3 is 1. The maximum atomic E-state index is 13.4. The third-order valence-corrected chi connectivity index (χ3v) is 2.93. The molecule has 0 radical (unpaired) electrons. The van der Waals surface area contributed by atoms with Crippen LogP contribution in [0.1, 0.15) is 16.9 Å². The summed E-state index contributed by atoms with van der Waals surface area (Å²) in [6.45, 7) is 0.947. The number of benzene rings is 1. The van der Waals surface area contributed by atoms with Crippen LogP contribution in [0.5, 0.6) is 5.75 Å². The van der Waals surface area contributed by atoms with E-state index in [2.05, 4.69) is 10.4 Å². The fourth-order valence-electron chi connectivity index (χ4n) is 1.79. The van der Waals surface area contributed by atoms with Crippen LogP contribution >= 0.6 is 0 Å². The molecule has 0 saturated heterocycles. The third kappa shape index (κ3) is 5.03. The number of ether oxygens (including phenoxy) is 2. The summed E-state index contributed by atoms with van der Waals surface area (Å²) in [6.07, 6.45) is 2.24. The normalized spacial score (nSPS) is 10.6. The lowest BCUT2D eigenvalue weighted by molar-refractivity contribution is 0.0941. The van der Waals surface area contributed by atoms with Crippen molar-refractivity contribution < 1.29 is 23.0 Å². The van der Waals surface area contributed by atoms with Crippen molar-refractivity contribution in [2.24, 2.45) is 0 Å². The van der Waals surface area contributed by atoms with E-state index in [1.807, 2.05) is 0 Å². The van der Waals surface area contributed by atoms with E-state index in [9.17, 15) is 13.6 Å². The molecular weight excluding hydrogens is 308 g/mol. The highest BCUT2D eigenvalue weighted by Gasteiger charge is 2.10. The molecule has 23 heavy (non-hydrogen) atoms. The summed E-state index contributed by atoms with van der Waals surface area (Å²) in [5, 5.41) is 6.72. The van der Waals surface area contributed by atoms with Crippen molar-refractivity contribution in [3.63, 3.8) is 0 Å². The first-order chi connectivity index (χ1) is 11.1. The molecule has 0 fully saturated rings. The maximum absolute atomic E-state index is 13.4. The fourth-order valence-corrected chi connectivity index (χ4v) is 1.79. The van der Waals surface area contributed by atoms with Crippen LogP contribution in [0.4, 0.5) is 8.78 Å². The summed E-state index contributed by atoms with van der Waals surface area (Å²) >= 11 is 0. The average Bonchev–Trinajstić information content (AvgIpc) is 2.99. The number of hydrogen-bond donors (Lipinski definition) is 1. The number of rotatable bonds is 8. The van der Waals surface area contributed by atoms with Gasteiger partial charge in [0.05, 0.1) is 0 Å². The zero-order valence-corrected chi connectivity index (χ0v) is 12.6. The molecule has 2 rings (SSSR count). The highest BCUT2D eigenvalue weighted by Crippen LogP contribution is 2.17. The van der Waals surface area contributed by atoms with Gasteiger partial charge in [-0.25, -0.2) is 13.5 Å². The fraction of sp³-hybridized carbons (Fsp3) is 0.333. The van der Waals surface area contributed by atoms with E-state index in [0.717, 1.165) is 12.1 Å². The number of carbonyl (C=O) groups excluding carboxylic acids is 1. The van der Waals surface area contributed by atoms with Crippen molar-refractivity contribution in [2.75, 3.05) is 20.3 Å². The van der Waals surface area contributed by atoms with Crippen molar-refractivity contribution in [3.05, 3.63) is 47.8 Å². The molecule has 0 atom stereocenters. The monoisotopic (exact) mass is 325 g/mol. The molecule has 0 unspecified atom stereocenters. The Morgan fingerprint density at radius 3 is 2.91 bits per heavy atom. The Bertz CT molecular complexity index is 661. The van der Waals surface area contributed by atoms with Crippen molar-refractivity contribution in [3.8, 4) is 5.75 Å². The summed E-state index contributed by atoms with van der Waals surface area (Å²) in [4.78, 5) is 11.8. The number of amides is 1. The van der Waals surface area contributed by atoms with Crippen molar-refractivity contribution >= 4 is 5.91 Å². The summed E-state index contributed by atoms with van der Waals surface area (Å²) in [5.74, 6) is -1.88. The van der Waals surface area contributed by atoms with Gasteiger partial charge in [0.2, 0.25) is 0 Å². The molecule has 0 aliphatic carbocycles. The predicted molar refractivity (Wildman–Crippen MR) is 78.0 cm³/mol. The summed E-state index contributed by atoms with van der Waals surface area (Å²) in [7, 11) is 1.59. The van der Waals surface area contributed by atoms with Crippen LogP contribution in [0, 0.1) is 11.6 Å². The largest absolute Gasteiger partial charge is 0.468 e. The number of nitrogens with zero attached hydrogens (tertiary/aromatic N) is 2. The Balaban J connectivity index is 1.85. The van der Waals surface area contributed by atoms with Crippen LogP contribution < -0.4 is 10.1 Å². The molecule has 1 aromatic carbocycles. The van der Waals surface area contributed by atoms with E-state index in [1.165, 1.54) is 23.0 Å². The minimum atomic E-state index is -0.798. The minimum Gasteiger partial charge on any atom is -0.468 e. The number of halogens is 2. The van der Waals surface area contributed by atoms with Crippen LogP contribution in [-0.4, -0.2) is 35.9 Å². The topological polar surface area (TPSA) is 65.4 Å². The summed E-state index contributed by atoms with van der Waals surface area (Å²) < 4.78 is 37.6. The Kier molecular flexibility index (Phi) is 6.04. The standard InChI is InChI=1S/C15H17F2N3O3/c1-22-8-2-6-18-15(21)13-5-7-20(19-13)10-23-14-4-3-11(16)9-12(14)17/h3-5,7,9H,2,6,8,10H2,1H3,(H,18,21). The zero-order valence-electron chi connectivity index (χ0n) is 12.6. The van der Waals surface area contributed by atoms with Gasteiger partial charge in [0.15, 0.2) is 18.3 Å². The Morgan fingerprint density at radius 2 is 2.17 bits per heavy atom. The molecule has 1 N–H and O–H groups in total. The second-order valence-electron chi connectivity index (χ2n) is 4.69. The first-order valence-electron chi connectivity index (χ1n) is 6.98. The molecule has 0 aliphatic rings. The van der Waals surface area contributed by atoms with Gasteiger partial charge in [-0.1, -0.05) is 0 Å². The third-order valence-electron chi connectivity index (χ3n) is 2.93. The summed E-state index contributed by atoms with van der Waals surface area (Å²) in [6, 6.07) is 4.55. The van der Waals surface area contributed by atoms with Gasteiger partial charge >= 0.3 is 0 Å². The van der Waals surface area contributed by atoms with Gasteiger partial charge < -0.3 is 14.8 Å². The number of aromatic nitrogens is 2. The quantitative estimate of drug-likeness (QED) is 0.754. The summed E-state index contributed by atoms with van der Waals surface area (Å²) in [5.41, 5.74) is 0.227. The van der Waals surface area contributed by atoms with Crippen LogP contribution in [0.15, 0.2) is 30.5 Å². The molecule has 0 spiro atoms. The van der Waals surface area contributed by atoms with E-state index in [0.29, 0.717) is 19.6 Å². The van der Waals surface area contributed by atoms with Gasteiger partial charge in [0.25, 0.3) is 5.91 Å². The lowest BCUT2D eigenvalue weighted by Gasteiger charge is -2.07. The molecule has 124 valence electrons. The van der Waals surface area contributed by atoms with E-state index in [4.69, 9.17) is 9.47 Å². The molecule has 0 bridgehead atoms. The predicted octanol–water partition coefficient (Wildman–Crippen LogP) is 1.96. The van der Waals surface area contributed by atoms with Gasteiger partial charge in [-0.15, -0.1) is 0 Å². The van der Waals surface area contributed by atoms with Crippen LogP contribution in [0.3, 0.4) is 0 Å². The van der Waals surface area contributed by atoms with Crippen molar-refractivity contribution in [1.29, 1.82) is 0 Å². The highest BCUT2D eigenvalue weighted by atomic mass is 19.1. The molecule has 1 aromatic heterocycles. The minimum absolute atomic E-state index is 0.0903. The van der Waals surface area contributed by atoms with Crippen molar-refractivity contribution in [1.82, 2.24) is 15.1 Å². The molecule has 0 aliphatic heterocycles. The molecule has 0 saturated carbocycles. The van der Waals surface area contributed by atoms with E-state index >= 15 is 0 Å². The smallest absolute Gasteiger partial charge is 0.271 e. The molecule has 1 heterocycles. The number of carbonyl (C=O) groups is 1. The van der Waals surface area contributed by atoms with Gasteiger partial charge in [-0.3, -0.25) is 4.79 Å². The van der Waals surface area contributed by atoms with Gasteiger partial charge in [-0.05, 0) is 24.6 Å².